The molecule has 0 spiro atoms. The summed E-state index contributed by atoms with van der Waals surface area (Å²) < 4.78 is 0. The van der Waals surface area contributed by atoms with Crippen molar-refractivity contribution in [3.05, 3.63) is 0 Å². The van der Waals surface area contributed by atoms with Crippen molar-refractivity contribution in [2.75, 3.05) is 19.6 Å². The minimum absolute atomic E-state index is 0.233. The summed E-state index contributed by atoms with van der Waals surface area (Å²) in [6.07, 6.45) is 6.52. The Labute approximate surface area is 127 Å². The number of nitrogens with zero attached hydrogens (tertiary/aromatic N) is 1. The van der Waals surface area contributed by atoms with Gasteiger partial charge in [0.05, 0.1) is 0 Å². The van der Waals surface area contributed by atoms with Crippen LogP contribution >= 0.6 is 0 Å². The van der Waals surface area contributed by atoms with Crippen molar-refractivity contribution in [3.8, 4) is 0 Å². The first-order valence-corrected chi connectivity index (χ1v) is 8.70. The van der Waals surface area contributed by atoms with Crippen LogP contribution in [0.4, 0.5) is 0 Å². The van der Waals surface area contributed by atoms with Gasteiger partial charge in [-0.15, -0.1) is 0 Å². The molecule has 0 bridgehead atoms. The highest BCUT2D eigenvalue weighted by atomic mass is 15.2. The molecular weight excluding hydrogens is 244 g/mol. The SMILES string of the molecule is CC(C)CCN(CCC(C)C)C1(CN)CCCC1(C)C. The molecule has 1 aliphatic carbocycles. The summed E-state index contributed by atoms with van der Waals surface area (Å²) in [6, 6.07) is 0. The Kier molecular flexibility index (Phi) is 6.53. The number of hydrogen-bond donors (Lipinski definition) is 1. The fourth-order valence-electron chi connectivity index (χ4n) is 3.86. The van der Waals surface area contributed by atoms with Crippen molar-refractivity contribution in [3.63, 3.8) is 0 Å². The van der Waals surface area contributed by atoms with Gasteiger partial charge in [0.25, 0.3) is 0 Å². The topological polar surface area (TPSA) is 29.3 Å². The average molecular weight is 283 g/mol. The number of hydrogen-bond acceptors (Lipinski definition) is 2. The largest absolute Gasteiger partial charge is 0.329 e. The third-order valence-electron chi connectivity index (χ3n) is 5.55. The highest BCUT2D eigenvalue weighted by Crippen LogP contribution is 2.49. The standard InChI is InChI=1S/C18H38N2/c1-15(2)8-12-20(13-9-16(3)4)18(14-19)11-7-10-17(18,5)6/h15-16H,7-14,19H2,1-6H3. The van der Waals surface area contributed by atoms with Crippen LogP contribution in [0.3, 0.4) is 0 Å². The van der Waals surface area contributed by atoms with Crippen LogP contribution in [-0.2, 0) is 0 Å². The number of rotatable bonds is 8. The molecule has 20 heavy (non-hydrogen) atoms. The van der Waals surface area contributed by atoms with Gasteiger partial charge >= 0.3 is 0 Å². The van der Waals surface area contributed by atoms with Crippen molar-refractivity contribution in [1.29, 1.82) is 0 Å². The van der Waals surface area contributed by atoms with Gasteiger partial charge in [-0.25, -0.2) is 0 Å². The lowest BCUT2D eigenvalue weighted by Gasteiger charge is -2.50. The second-order valence-electron chi connectivity index (χ2n) is 8.33. The summed E-state index contributed by atoms with van der Waals surface area (Å²) in [6.45, 7) is 17.4. The Morgan fingerprint density at radius 2 is 1.45 bits per heavy atom. The summed E-state index contributed by atoms with van der Waals surface area (Å²) in [5, 5.41) is 0. The number of nitrogens with two attached hydrogens (primary N) is 1. The summed E-state index contributed by atoms with van der Waals surface area (Å²) in [5.74, 6) is 1.55. The van der Waals surface area contributed by atoms with Crippen molar-refractivity contribution < 1.29 is 0 Å². The molecule has 2 nitrogen and oxygen atoms in total. The van der Waals surface area contributed by atoms with Gasteiger partial charge in [0, 0.05) is 12.1 Å². The molecule has 0 amide bonds. The molecule has 1 unspecified atom stereocenters. The molecule has 1 rings (SSSR count). The van der Waals surface area contributed by atoms with Crippen LogP contribution in [0.1, 0.15) is 73.6 Å². The molecule has 0 aromatic rings. The molecule has 1 aliphatic rings. The third-order valence-corrected chi connectivity index (χ3v) is 5.55. The van der Waals surface area contributed by atoms with E-state index in [4.69, 9.17) is 5.73 Å². The first-order chi connectivity index (χ1) is 9.25. The molecule has 0 aromatic heterocycles. The zero-order valence-corrected chi connectivity index (χ0v) is 14.8. The van der Waals surface area contributed by atoms with Gasteiger partial charge < -0.3 is 5.73 Å². The highest BCUT2D eigenvalue weighted by molar-refractivity contribution is 5.07. The molecule has 0 heterocycles. The second kappa shape index (κ2) is 7.26. The van der Waals surface area contributed by atoms with Gasteiger partial charge in [0.1, 0.15) is 0 Å². The minimum Gasteiger partial charge on any atom is -0.329 e. The van der Waals surface area contributed by atoms with E-state index in [1.54, 1.807) is 0 Å². The fourth-order valence-corrected chi connectivity index (χ4v) is 3.86. The quantitative estimate of drug-likeness (QED) is 0.719. The lowest BCUT2D eigenvalue weighted by molar-refractivity contribution is 0.00646. The van der Waals surface area contributed by atoms with E-state index >= 15 is 0 Å². The van der Waals surface area contributed by atoms with E-state index in [-0.39, 0.29) is 5.54 Å². The summed E-state index contributed by atoms with van der Waals surface area (Å²) >= 11 is 0. The Bertz CT molecular complexity index is 271. The van der Waals surface area contributed by atoms with Crippen LogP contribution in [0, 0.1) is 17.3 Å². The summed E-state index contributed by atoms with van der Waals surface area (Å²) in [4.78, 5) is 2.76. The van der Waals surface area contributed by atoms with Crippen molar-refractivity contribution in [1.82, 2.24) is 4.90 Å². The maximum Gasteiger partial charge on any atom is 0.0382 e. The zero-order chi connectivity index (χ0) is 15.4. The van der Waals surface area contributed by atoms with Gasteiger partial charge in [0.2, 0.25) is 0 Å². The van der Waals surface area contributed by atoms with Crippen LogP contribution in [0.25, 0.3) is 0 Å². The van der Waals surface area contributed by atoms with Gasteiger partial charge in [-0.3, -0.25) is 4.90 Å². The van der Waals surface area contributed by atoms with Crippen LogP contribution in [0.2, 0.25) is 0 Å². The first-order valence-electron chi connectivity index (χ1n) is 8.70. The van der Waals surface area contributed by atoms with E-state index in [0.29, 0.717) is 5.41 Å². The molecule has 0 aliphatic heterocycles. The van der Waals surface area contributed by atoms with Crippen LogP contribution in [-0.4, -0.2) is 30.1 Å². The molecule has 2 heteroatoms. The van der Waals surface area contributed by atoms with E-state index in [2.05, 4.69) is 46.4 Å². The average Bonchev–Trinajstić information content (AvgIpc) is 2.64. The highest BCUT2D eigenvalue weighted by Gasteiger charge is 2.51. The monoisotopic (exact) mass is 282 g/mol. The van der Waals surface area contributed by atoms with Crippen LogP contribution in [0.15, 0.2) is 0 Å². The molecule has 0 aromatic carbocycles. The summed E-state index contributed by atoms with van der Waals surface area (Å²) in [7, 11) is 0. The Balaban J connectivity index is 2.87. The summed E-state index contributed by atoms with van der Waals surface area (Å²) in [5.41, 5.74) is 6.91. The molecule has 1 atom stereocenters. The van der Waals surface area contributed by atoms with Crippen molar-refractivity contribution in [2.24, 2.45) is 23.0 Å². The van der Waals surface area contributed by atoms with E-state index in [0.717, 1.165) is 18.4 Å². The maximum atomic E-state index is 6.32. The zero-order valence-electron chi connectivity index (χ0n) is 14.8. The molecule has 1 saturated carbocycles. The van der Waals surface area contributed by atoms with Gasteiger partial charge in [-0.1, -0.05) is 48.0 Å². The van der Waals surface area contributed by atoms with Crippen molar-refractivity contribution in [2.45, 2.75) is 79.2 Å². The van der Waals surface area contributed by atoms with E-state index < -0.39 is 0 Å². The van der Waals surface area contributed by atoms with Crippen LogP contribution in [0.5, 0.6) is 0 Å². The smallest absolute Gasteiger partial charge is 0.0382 e. The lowest BCUT2D eigenvalue weighted by atomic mass is 9.73. The maximum absolute atomic E-state index is 6.32. The molecule has 0 radical (unpaired) electrons. The predicted octanol–water partition coefficient (Wildman–Crippen LogP) is 4.29. The van der Waals surface area contributed by atoms with E-state index in [9.17, 15) is 0 Å². The van der Waals surface area contributed by atoms with E-state index in [1.807, 2.05) is 0 Å². The predicted molar refractivity (Wildman–Crippen MR) is 89.9 cm³/mol. The Morgan fingerprint density at radius 1 is 0.950 bits per heavy atom. The fraction of sp³-hybridized carbons (Fsp3) is 1.00. The van der Waals surface area contributed by atoms with E-state index in [1.165, 1.54) is 45.2 Å². The minimum atomic E-state index is 0.233. The molecule has 120 valence electrons. The molecule has 2 N–H and O–H groups in total. The normalized spacial score (nSPS) is 26.1. The lowest BCUT2D eigenvalue weighted by Crippen LogP contribution is -2.60. The first kappa shape index (κ1) is 18.0. The third kappa shape index (κ3) is 3.98. The molecule has 1 fully saturated rings. The van der Waals surface area contributed by atoms with Crippen molar-refractivity contribution >= 4 is 0 Å². The second-order valence-corrected chi connectivity index (χ2v) is 8.33. The van der Waals surface area contributed by atoms with Crippen LogP contribution < -0.4 is 5.73 Å². The Hall–Kier alpha value is -0.0800. The Morgan fingerprint density at radius 3 is 1.75 bits per heavy atom. The van der Waals surface area contributed by atoms with Gasteiger partial charge in [-0.05, 0) is 56.0 Å². The van der Waals surface area contributed by atoms with Gasteiger partial charge in [-0.2, -0.15) is 0 Å². The molecular formula is C18H38N2. The molecule has 0 saturated heterocycles. The van der Waals surface area contributed by atoms with Gasteiger partial charge in [0.15, 0.2) is 0 Å².